The Morgan fingerprint density at radius 3 is 2.62 bits per heavy atom. The van der Waals surface area contributed by atoms with Crippen molar-refractivity contribution < 1.29 is 4.74 Å². The zero-order valence-corrected chi connectivity index (χ0v) is 16.0. The minimum Gasteiger partial charge on any atom is -0.360 e. The van der Waals surface area contributed by atoms with E-state index in [1.807, 2.05) is 41.1 Å². The maximum Gasteiger partial charge on any atom is 0.140 e. The van der Waals surface area contributed by atoms with Crippen molar-refractivity contribution in [3.05, 3.63) is 47.7 Å². The van der Waals surface area contributed by atoms with E-state index in [-0.39, 0.29) is 0 Å². The molecule has 2 heterocycles. The van der Waals surface area contributed by atoms with Gasteiger partial charge >= 0.3 is 0 Å². The molecule has 1 aromatic carbocycles. The minimum absolute atomic E-state index is 0.428. The zero-order chi connectivity index (χ0) is 17.2. The third-order valence-electron chi connectivity index (χ3n) is 3.86. The second-order valence-corrected chi connectivity index (χ2v) is 13.1. The Balaban J connectivity index is 1.89. The van der Waals surface area contributed by atoms with Gasteiger partial charge in [-0.15, -0.1) is 0 Å². The van der Waals surface area contributed by atoms with Crippen LogP contribution in [0, 0.1) is 0 Å². The minimum atomic E-state index is -1.09. The second kappa shape index (κ2) is 7.05. The number of ether oxygens (including phenoxy) is 1. The predicted octanol–water partition coefficient (Wildman–Crippen LogP) is 5.06. The Morgan fingerprint density at radius 1 is 1.17 bits per heavy atom. The van der Waals surface area contributed by atoms with E-state index in [0.717, 1.165) is 34.8 Å². The molecule has 0 aliphatic heterocycles. The Kier molecular flexibility index (Phi) is 5.03. The van der Waals surface area contributed by atoms with Gasteiger partial charge in [0.15, 0.2) is 0 Å². The summed E-state index contributed by atoms with van der Waals surface area (Å²) in [4.78, 5) is 4.20. The number of pyridine rings is 1. The molecule has 0 bridgehead atoms. The first-order valence-electron chi connectivity index (χ1n) is 8.09. The van der Waals surface area contributed by atoms with Gasteiger partial charge in [-0.05, 0) is 12.1 Å². The molecular formula is C18H22ClN3OSi. The van der Waals surface area contributed by atoms with Crippen LogP contribution in [0.1, 0.15) is 0 Å². The molecule has 0 fully saturated rings. The van der Waals surface area contributed by atoms with Crippen LogP contribution >= 0.6 is 11.6 Å². The van der Waals surface area contributed by atoms with E-state index < -0.39 is 8.07 Å². The highest BCUT2D eigenvalue weighted by atomic mass is 35.5. The number of aromatic nitrogens is 3. The number of nitrogens with zero attached hydrogens (tertiary/aromatic N) is 3. The summed E-state index contributed by atoms with van der Waals surface area (Å²) in [7, 11) is -1.09. The van der Waals surface area contributed by atoms with Crippen molar-refractivity contribution in [2.75, 3.05) is 6.61 Å². The average molecular weight is 360 g/mol. The predicted molar refractivity (Wildman–Crippen MR) is 102 cm³/mol. The van der Waals surface area contributed by atoms with Crippen molar-refractivity contribution in [1.82, 2.24) is 14.8 Å². The molecule has 126 valence electrons. The van der Waals surface area contributed by atoms with Gasteiger partial charge in [-0.3, -0.25) is 0 Å². The van der Waals surface area contributed by atoms with Gasteiger partial charge in [-0.2, -0.15) is 5.10 Å². The molecule has 0 radical (unpaired) electrons. The van der Waals surface area contributed by atoms with Gasteiger partial charge in [0.05, 0.1) is 11.7 Å². The normalized spacial score (nSPS) is 12.0. The van der Waals surface area contributed by atoms with Crippen molar-refractivity contribution in [3.8, 4) is 11.3 Å². The molecule has 0 saturated heterocycles. The van der Waals surface area contributed by atoms with Crippen LogP contribution in [0.25, 0.3) is 22.2 Å². The molecule has 0 aliphatic carbocycles. The van der Waals surface area contributed by atoms with E-state index in [1.54, 1.807) is 6.20 Å². The Bertz CT molecular complexity index is 827. The summed E-state index contributed by atoms with van der Waals surface area (Å²) in [6, 6.07) is 13.1. The largest absolute Gasteiger partial charge is 0.360 e. The summed E-state index contributed by atoms with van der Waals surface area (Å²) in [6.07, 6.45) is 1.76. The molecule has 3 rings (SSSR count). The highest BCUT2D eigenvalue weighted by Gasteiger charge is 2.15. The maximum absolute atomic E-state index is 6.09. The van der Waals surface area contributed by atoms with Crippen molar-refractivity contribution in [2.45, 2.75) is 32.4 Å². The lowest BCUT2D eigenvalue weighted by molar-refractivity contribution is 0.0818. The summed E-state index contributed by atoms with van der Waals surface area (Å²) in [5, 5.41) is 6.21. The van der Waals surface area contributed by atoms with Gasteiger partial charge in [0.1, 0.15) is 17.6 Å². The van der Waals surface area contributed by atoms with Gasteiger partial charge in [-0.25, -0.2) is 9.67 Å². The lowest BCUT2D eigenvalue weighted by Crippen LogP contribution is -2.22. The van der Waals surface area contributed by atoms with E-state index in [9.17, 15) is 0 Å². The fourth-order valence-electron chi connectivity index (χ4n) is 2.48. The topological polar surface area (TPSA) is 39.9 Å². The SMILES string of the molecule is C[Si](C)(C)CCOCn1nc(-c2ccccc2)c2cc(Cl)ncc21. The van der Waals surface area contributed by atoms with Crippen molar-refractivity contribution in [2.24, 2.45) is 0 Å². The number of halogens is 1. The zero-order valence-electron chi connectivity index (χ0n) is 14.3. The van der Waals surface area contributed by atoms with Crippen LogP contribution in [0.2, 0.25) is 30.8 Å². The van der Waals surface area contributed by atoms with E-state index in [1.165, 1.54) is 0 Å². The van der Waals surface area contributed by atoms with Crippen molar-refractivity contribution >= 4 is 30.6 Å². The Labute approximate surface area is 148 Å². The lowest BCUT2D eigenvalue weighted by atomic mass is 10.1. The van der Waals surface area contributed by atoms with Crippen LogP contribution in [0.5, 0.6) is 0 Å². The molecule has 3 aromatic rings. The smallest absolute Gasteiger partial charge is 0.140 e. The van der Waals surface area contributed by atoms with Crippen LogP contribution in [0.3, 0.4) is 0 Å². The molecule has 2 aromatic heterocycles. The third-order valence-corrected chi connectivity index (χ3v) is 5.77. The summed E-state index contributed by atoms with van der Waals surface area (Å²) in [5.74, 6) is 0. The number of fused-ring (bicyclic) bond motifs is 1. The van der Waals surface area contributed by atoms with Crippen LogP contribution < -0.4 is 0 Å². The molecule has 4 nitrogen and oxygen atoms in total. The summed E-state index contributed by atoms with van der Waals surface area (Å²) < 4.78 is 7.72. The van der Waals surface area contributed by atoms with Gasteiger partial charge in [0.25, 0.3) is 0 Å². The van der Waals surface area contributed by atoms with E-state index in [0.29, 0.717) is 11.9 Å². The van der Waals surface area contributed by atoms with Gasteiger partial charge < -0.3 is 4.74 Å². The first kappa shape index (κ1) is 17.1. The number of rotatable bonds is 6. The quantitative estimate of drug-likeness (QED) is 0.350. The fourth-order valence-corrected chi connectivity index (χ4v) is 3.40. The molecule has 0 amide bonds. The number of hydrogen-bond acceptors (Lipinski definition) is 3. The van der Waals surface area contributed by atoms with E-state index >= 15 is 0 Å². The highest BCUT2D eigenvalue weighted by Crippen LogP contribution is 2.29. The summed E-state index contributed by atoms with van der Waals surface area (Å²) in [5.41, 5.74) is 2.90. The maximum atomic E-state index is 6.09. The Morgan fingerprint density at radius 2 is 1.92 bits per heavy atom. The molecular weight excluding hydrogens is 338 g/mol. The Hall–Kier alpha value is -1.69. The first-order valence-corrected chi connectivity index (χ1v) is 12.2. The van der Waals surface area contributed by atoms with Crippen molar-refractivity contribution in [1.29, 1.82) is 0 Å². The number of benzene rings is 1. The molecule has 0 aliphatic rings. The summed E-state index contributed by atoms with van der Waals surface area (Å²) >= 11 is 6.09. The molecule has 6 heteroatoms. The lowest BCUT2D eigenvalue weighted by Gasteiger charge is -2.15. The van der Waals surface area contributed by atoms with Crippen LogP contribution in [0.15, 0.2) is 42.6 Å². The third kappa shape index (κ3) is 4.04. The second-order valence-electron chi connectivity index (χ2n) is 7.09. The van der Waals surface area contributed by atoms with Crippen LogP contribution in [-0.4, -0.2) is 29.4 Å². The molecule has 0 spiro atoms. The average Bonchev–Trinajstić information content (AvgIpc) is 2.89. The van der Waals surface area contributed by atoms with Gasteiger partial charge in [0, 0.05) is 25.6 Å². The molecule has 0 N–H and O–H groups in total. The summed E-state index contributed by atoms with van der Waals surface area (Å²) in [6.45, 7) is 8.23. The molecule has 0 unspecified atom stereocenters. The highest BCUT2D eigenvalue weighted by molar-refractivity contribution is 6.76. The van der Waals surface area contributed by atoms with E-state index in [4.69, 9.17) is 21.4 Å². The van der Waals surface area contributed by atoms with Crippen LogP contribution in [0.4, 0.5) is 0 Å². The standard InChI is InChI=1S/C18H22ClN3OSi/c1-24(2,3)10-9-23-13-22-16-12-20-17(19)11-15(16)18(21-22)14-7-5-4-6-8-14/h4-8,11-12H,9-10,13H2,1-3H3. The van der Waals surface area contributed by atoms with Crippen LogP contribution in [-0.2, 0) is 11.5 Å². The number of hydrogen-bond donors (Lipinski definition) is 0. The molecule has 24 heavy (non-hydrogen) atoms. The molecule has 0 atom stereocenters. The first-order chi connectivity index (χ1) is 11.4. The fraction of sp³-hybridized carbons (Fsp3) is 0.333. The van der Waals surface area contributed by atoms with E-state index in [2.05, 4.69) is 24.6 Å². The van der Waals surface area contributed by atoms with Gasteiger partial charge in [0.2, 0.25) is 0 Å². The monoisotopic (exact) mass is 359 g/mol. The van der Waals surface area contributed by atoms with Gasteiger partial charge in [-0.1, -0.05) is 61.6 Å². The van der Waals surface area contributed by atoms with Crippen molar-refractivity contribution in [3.63, 3.8) is 0 Å². The molecule has 0 saturated carbocycles.